The van der Waals surface area contributed by atoms with Crippen LogP contribution in [0.15, 0.2) is 35.4 Å². The normalized spacial score (nSPS) is 11.7. The van der Waals surface area contributed by atoms with E-state index >= 15 is 0 Å². The van der Waals surface area contributed by atoms with Gasteiger partial charge in [-0.3, -0.25) is 9.89 Å². The molecule has 0 saturated carbocycles. The van der Waals surface area contributed by atoms with Crippen molar-refractivity contribution in [2.24, 2.45) is 0 Å². The molecule has 0 radical (unpaired) electrons. The molecule has 0 unspecified atom stereocenters. The Morgan fingerprint density at radius 2 is 2.00 bits per heavy atom. The minimum atomic E-state index is -1.21. The van der Waals surface area contributed by atoms with Gasteiger partial charge in [-0.2, -0.15) is 5.10 Å². The molecule has 0 bridgehead atoms. The molecule has 7 nitrogen and oxygen atoms in total. The van der Waals surface area contributed by atoms with Crippen LogP contribution in [0, 0.1) is 0 Å². The highest BCUT2D eigenvalue weighted by molar-refractivity contribution is 5.88. The highest BCUT2D eigenvalue weighted by Crippen LogP contribution is 2.42. The fourth-order valence-corrected chi connectivity index (χ4v) is 3.87. The van der Waals surface area contributed by atoms with Crippen molar-refractivity contribution in [1.29, 1.82) is 0 Å². The lowest BCUT2D eigenvalue weighted by Gasteiger charge is -2.27. The second kappa shape index (κ2) is 8.98. The largest absolute Gasteiger partial charge is 0.496 e. The Bertz CT molecular complexity index is 1110. The number of nitrogens with zero attached hydrogens (tertiary/aromatic N) is 2. The summed E-state index contributed by atoms with van der Waals surface area (Å²) >= 11 is 0. The lowest BCUT2D eigenvalue weighted by molar-refractivity contribution is 0.0694. The first-order chi connectivity index (χ1) is 14.5. The number of hydrogen-bond donors (Lipinski definition) is 2. The number of hydrogen-bond acceptors (Lipinski definition) is 4. The predicted octanol–water partition coefficient (Wildman–Crippen LogP) is 4.15. The van der Waals surface area contributed by atoms with Gasteiger partial charge < -0.3 is 14.4 Å². The van der Waals surface area contributed by atoms with Gasteiger partial charge in [0.1, 0.15) is 11.3 Å². The second-order valence-corrected chi connectivity index (χ2v) is 7.18. The highest BCUT2D eigenvalue weighted by Gasteiger charge is 2.25. The molecule has 3 heterocycles. The number of aromatic amines is 1. The SMILES string of the molecule is CCC.CCc1c2c(cc(-c3ccn[nH]3)c1OC)-c1cc(=O)c(C(=O)O)cn1CC2. The molecule has 1 aliphatic rings. The fourth-order valence-electron chi connectivity index (χ4n) is 3.87. The van der Waals surface area contributed by atoms with Crippen LogP contribution in [0.5, 0.6) is 5.75 Å². The lowest BCUT2D eigenvalue weighted by Crippen LogP contribution is -2.22. The molecule has 0 fully saturated rings. The van der Waals surface area contributed by atoms with E-state index in [0.29, 0.717) is 6.54 Å². The fraction of sp³-hybridized carbons (Fsp3) is 0.348. The number of fused-ring (bicyclic) bond motifs is 3. The molecule has 0 amide bonds. The van der Waals surface area contributed by atoms with E-state index in [2.05, 4.69) is 31.0 Å². The molecule has 4 rings (SSSR count). The van der Waals surface area contributed by atoms with Gasteiger partial charge >= 0.3 is 5.97 Å². The zero-order valence-electron chi connectivity index (χ0n) is 17.8. The molecule has 2 N–H and O–H groups in total. The Labute approximate surface area is 175 Å². The van der Waals surface area contributed by atoms with Gasteiger partial charge in [0.2, 0.25) is 0 Å². The Hall–Kier alpha value is -3.35. The first kappa shape index (κ1) is 21.4. The molecule has 1 aliphatic heterocycles. The Morgan fingerprint density at radius 1 is 1.27 bits per heavy atom. The summed E-state index contributed by atoms with van der Waals surface area (Å²) in [7, 11) is 1.65. The number of carboxylic acids is 1. The maximum absolute atomic E-state index is 12.3. The highest BCUT2D eigenvalue weighted by atomic mass is 16.5. The van der Waals surface area contributed by atoms with Crippen molar-refractivity contribution >= 4 is 5.97 Å². The van der Waals surface area contributed by atoms with Crippen LogP contribution in [-0.2, 0) is 19.4 Å². The smallest absolute Gasteiger partial charge is 0.341 e. The number of rotatable bonds is 4. The molecule has 0 atom stereocenters. The van der Waals surface area contributed by atoms with Gasteiger partial charge in [0, 0.05) is 36.1 Å². The minimum absolute atomic E-state index is 0.208. The number of nitrogens with one attached hydrogen (secondary N) is 1. The van der Waals surface area contributed by atoms with Crippen molar-refractivity contribution in [2.45, 2.75) is 46.6 Å². The number of pyridine rings is 1. The van der Waals surface area contributed by atoms with Gasteiger partial charge in [-0.05, 0) is 36.1 Å². The number of ether oxygens (including phenoxy) is 1. The topological polar surface area (TPSA) is 97.2 Å². The number of aromatic nitrogens is 3. The average Bonchev–Trinajstić information content (AvgIpc) is 3.26. The van der Waals surface area contributed by atoms with Crippen LogP contribution in [0.25, 0.3) is 22.5 Å². The third kappa shape index (κ3) is 3.75. The molecular formula is C23H27N3O4. The van der Waals surface area contributed by atoms with Crippen LogP contribution >= 0.6 is 0 Å². The molecule has 30 heavy (non-hydrogen) atoms. The molecular weight excluding hydrogens is 382 g/mol. The number of aryl methyl sites for hydroxylation is 1. The van der Waals surface area contributed by atoms with Crippen LogP contribution in [-0.4, -0.2) is 33.0 Å². The Morgan fingerprint density at radius 3 is 2.57 bits per heavy atom. The maximum Gasteiger partial charge on any atom is 0.341 e. The number of benzene rings is 1. The quantitative estimate of drug-likeness (QED) is 0.675. The van der Waals surface area contributed by atoms with Crippen LogP contribution in [0.3, 0.4) is 0 Å². The van der Waals surface area contributed by atoms with Crippen molar-refractivity contribution in [3.63, 3.8) is 0 Å². The molecule has 0 spiro atoms. The van der Waals surface area contributed by atoms with E-state index in [1.807, 2.05) is 16.7 Å². The summed E-state index contributed by atoms with van der Waals surface area (Å²) in [6, 6.07) is 5.28. The summed E-state index contributed by atoms with van der Waals surface area (Å²) in [5.41, 5.74) is 4.89. The zero-order valence-corrected chi connectivity index (χ0v) is 17.8. The summed E-state index contributed by atoms with van der Waals surface area (Å²) in [5, 5.41) is 16.2. The van der Waals surface area contributed by atoms with Gasteiger partial charge in [0.15, 0.2) is 5.43 Å². The molecule has 7 heteroatoms. The summed E-state index contributed by atoms with van der Waals surface area (Å²) < 4.78 is 7.57. The monoisotopic (exact) mass is 409 g/mol. The standard InChI is InChI=1S/C20H19N3O4.C3H8/c1-3-11-12-5-7-23-10-15(20(25)26)18(24)9-17(23)13(12)8-14(19(11)27-2)16-4-6-21-22-16;1-3-2/h4,6,8-10H,3,5,7H2,1-2H3,(H,21,22)(H,25,26);3H2,1-2H3. The van der Waals surface area contributed by atoms with Crippen LogP contribution in [0.2, 0.25) is 0 Å². The van der Waals surface area contributed by atoms with Crippen molar-refractivity contribution in [1.82, 2.24) is 14.8 Å². The van der Waals surface area contributed by atoms with Gasteiger partial charge in [0.05, 0.1) is 18.5 Å². The van der Waals surface area contributed by atoms with E-state index in [4.69, 9.17) is 4.74 Å². The first-order valence-corrected chi connectivity index (χ1v) is 10.2. The third-order valence-corrected chi connectivity index (χ3v) is 5.08. The maximum atomic E-state index is 12.3. The number of aromatic carboxylic acids is 1. The summed E-state index contributed by atoms with van der Waals surface area (Å²) in [4.78, 5) is 23.6. The molecule has 3 aromatic rings. The van der Waals surface area contributed by atoms with E-state index in [9.17, 15) is 14.7 Å². The van der Waals surface area contributed by atoms with E-state index in [1.54, 1.807) is 13.3 Å². The van der Waals surface area contributed by atoms with Crippen molar-refractivity contribution < 1.29 is 14.6 Å². The van der Waals surface area contributed by atoms with Crippen LogP contribution in [0.4, 0.5) is 0 Å². The van der Waals surface area contributed by atoms with E-state index in [1.165, 1.54) is 18.7 Å². The number of H-pyrrole nitrogens is 1. The van der Waals surface area contributed by atoms with Gasteiger partial charge in [-0.1, -0.05) is 27.2 Å². The number of carboxylic acid groups (broad SMARTS) is 1. The predicted molar refractivity (Wildman–Crippen MR) is 116 cm³/mol. The Balaban J connectivity index is 0.000000806. The van der Waals surface area contributed by atoms with E-state index in [0.717, 1.165) is 52.2 Å². The molecule has 0 saturated heterocycles. The van der Waals surface area contributed by atoms with Crippen LogP contribution in [0.1, 0.15) is 48.7 Å². The zero-order chi connectivity index (χ0) is 21.8. The van der Waals surface area contributed by atoms with Gasteiger partial charge in [-0.15, -0.1) is 0 Å². The van der Waals surface area contributed by atoms with Crippen molar-refractivity contribution in [2.75, 3.05) is 7.11 Å². The summed E-state index contributed by atoms with van der Waals surface area (Å²) in [6.07, 6.45) is 5.89. The molecule has 1 aromatic carbocycles. The first-order valence-electron chi connectivity index (χ1n) is 10.2. The molecule has 0 aliphatic carbocycles. The molecule has 158 valence electrons. The van der Waals surface area contributed by atoms with Crippen LogP contribution < -0.4 is 10.2 Å². The van der Waals surface area contributed by atoms with Gasteiger partial charge in [-0.25, -0.2) is 4.79 Å². The Kier molecular flexibility index (Phi) is 6.40. The minimum Gasteiger partial charge on any atom is -0.496 e. The number of methoxy groups -OCH3 is 1. The third-order valence-electron chi connectivity index (χ3n) is 5.08. The lowest BCUT2D eigenvalue weighted by atomic mass is 9.87. The second-order valence-electron chi connectivity index (χ2n) is 7.18. The molecule has 2 aromatic heterocycles. The van der Waals surface area contributed by atoms with Gasteiger partial charge in [0.25, 0.3) is 0 Å². The number of carbonyl (C=O) groups is 1. The average molecular weight is 409 g/mol. The summed E-state index contributed by atoms with van der Waals surface area (Å²) in [6.45, 7) is 6.94. The van der Waals surface area contributed by atoms with E-state index < -0.39 is 11.4 Å². The van der Waals surface area contributed by atoms with E-state index in [-0.39, 0.29) is 5.56 Å². The van der Waals surface area contributed by atoms with Crippen molar-refractivity contribution in [3.05, 3.63) is 57.5 Å². The summed E-state index contributed by atoms with van der Waals surface area (Å²) in [5.74, 6) is -0.401. The van der Waals surface area contributed by atoms with Crippen molar-refractivity contribution in [3.8, 4) is 28.3 Å².